The number of esters is 1. The molecular formula is C14H19FN4O2. The topological polar surface area (TPSA) is 87.1 Å². The zero-order valence-electron chi connectivity index (χ0n) is 12.2. The summed E-state index contributed by atoms with van der Waals surface area (Å²) in [5, 5.41) is 6.52. The van der Waals surface area contributed by atoms with Crippen LogP contribution < -0.4 is 5.32 Å². The molecular weight excluding hydrogens is 275 g/mol. The highest BCUT2D eigenvalue weighted by atomic mass is 19.1. The zero-order valence-corrected chi connectivity index (χ0v) is 12.2. The number of hydrogen-bond acceptors (Lipinski definition) is 4. The Bertz CT molecular complexity index is 531. The van der Waals surface area contributed by atoms with Crippen molar-refractivity contribution in [2.45, 2.75) is 25.3 Å². The number of nitrogens with zero attached hydrogens (tertiary/aromatic N) is 3. The number of azide groups is 1. The molecule has 1 aromatic rings. The summed E-state index contributed by atoms with van der Waals surface area (Å²) < 4.78 is 18.1. The molecule has 1 N–H and O–H groups in total. The normalized spacial score (nSPS) is 13.1. The summed E-state index contributed by atoms with van der Waals surface area (Å²) in [6, 6.07) is 6.10. The Kier molecular flexibility index (Phi) is 6.65. The fourth-order valence-corrected chi connectivity index (χ4v) is 2.05. The molecule has 0 saturated carbocycles. The highest BCUT2D eigenvalue weighted by Crippen LogP contribution is 2.16. The van der Waals surface area contributed by atoms with Crippen LogP contribution in [0.15, 0.2) is 29.4 Å². The van der Waals surface area contributed by atoms with Crippen molar-refractivity contribution in [2.75, 3.05) is 20.2 Å². The molecule has 1 rings (SSSR count). The first kappa shape index (κ1) is 16.9. The molecule has 7 heteroatoms. The Morgan fingerprint density at radius 1 is 1.57 bits per heavy atom. The van der Waals surface area contributed by atoms with Crippen LogP contribution >= 0.6 is 0 Å². The van der Waals surface area contributed by atoms with E-state index < -0.39 is 11.5 Å². The minimum atomic E-state index is -0.959. The van der Waals surface area contributed by atoms with Gasteiger partial charge in [0.1, 0.15) is 11.4 Å². The quantitative estimate of drug-likeness (QED) is 0.263. The van der Waals surface area contributed by atoms with Gasteiger partial charge in [0.2, 0.25) is 0 Å². The third-order valence-electron chi connectivity index (χ3n) is 3.10. The summed E-state index contributed by atoms with van der Waals surface area (Å²) in [5.74, 6) is -0.765. The molecule has 6 nitrogen and oxygen atoms in total. The molecule has 0 saturated heterocycles. The predicted octanol–water partition coefficient (Wildman–Crippen LogP) is 2.59. The second-order valence-corrected chi connectivity index (χ2v) is 4.87. The minimum absolute atomic E-state index is 0.305. The summed E-state index contributed by atoms with van der Waals surface area (Å²) in [6.45, 7) is 2.54. The maximum atomic E-state index is 13.2. The number of nitrogens with one attached hydrogen (secondary N) is 1. The molecule has 0 heterocycles. The van der Waals surface area contributed by atoms with Crippen molar-refractivity contribution in [1.82, 2.24) is 5.32 Å². The van der Waals surface area contributed by atoms with Gasteiger partial charge in [-0.1, -0.05) is 17.2 Å². The Morgan fingerprint density at radius 3 is 2.95 bits per heavy atom. The maximum absolute atomic E-state index is 13.2. The predicted molar refractivity (Wildman–Crippen MR) is 77.2 cm³/mol. The van der Waals surface area contributed by atoms with Crippen LogP contribution in [0.5, 0.6) is 0 Å². The molecule has 0 spiro atoms. The van der Waals surface area contributed by atoms with Crippen LogP contribution in [0, 0.1) is 5.82 Å². The van der Waals surface area contributed by atoms with Gasteiger partial charge in [-0.25, -0.2) is 4.39 Å². The number of halogens is 1. The number of hydrogen-bond donors (Lipinski definition) is 1. The van der Waals surface area contributed by atoms with Crippen molar-refractivity contribution in [2.24, 2.45) is 5.11 Å². The SMILES string of the molecule is COC(=O)C(C)(Cc1cccc(F)c1)NCCCN=[N+]=[N-]. The molecule has 0 aliphatic rings. The highest BCUT2D eigenvalue weighted by Gasteiger charge is 2.33. The number of ether oxygens (including phenoxy) is 1. The summed E-state index contributed by atoms with van der Waals surface area (Å²) >= 11 is 0. The van der Waals surface area contributed by atoms with Crippen molar-refractivity contribution in [3.05, 3.63) is 46.1 Å². The van der Waals surface area contributed by atoms with Gasteiger partial charge in [0.05, 0.1) is 7.11 Å². The van der Waals surface area contributed by atoms with Crippen LogP contribution in [0.2, 0.25) is 0 Å². The van der Waals surface area contributed by atoms with Crippen molar-refractivity contribution in [3.8, 4) is 0 Å². The Balaban J connectivity index is 2.73. The summed E-state index contributed by atoms with van der Waals surface area (Å²) in [5.41, 5.74) is 7.94. The van der Waals surface area contributed by atoms with Gasteiger partial charge in [0.25, 0.3) is 0 Å². The second-order valence-electron chi connectivity index (χ2n) is 4.87. The smallest absolute Gasteiger partial charge is 0.326 e. The monoisotopic (exact) mass is 294 g/mol. The average Bonchev–Trinajstić information content (AvgIpc) is 2.46. The van der Waals surface area contributed by atoms with E-state index in [2.05, 4.69) is 15.3 Å². The number of benzene rings is 1. The standard InChI is InChI=1S/C14H19FN4O2/c1-14(13(20)21-2,17-7-4-8-18-19-16)10-11-5-3-6-12(15)9-11/h3,5-6,9,17H,4,7-8,10H2,1-2H3. The number of rotatable bonds is 8. The Labute approximate surface area is 122 Å². The van der Waals surface area contributed by atoms with Gasteiger partial charge in [0, 0.05) is 17.9 Å². The van der Waals surface area contributed by atoms with Crippen LogP contribution in [-0.4, -0.2) is 31.7 Å². The number of carbonyl (C=O) groups is 1. The lowest BCUT2D eigenvalue weighted by atomic mass is 9.92. The molecule has 114 valence electrons. The fraction of sp³-hybridized carbons (Fsp3) is 0.500. The molecule has 0 fully saturated rings. The lowest BCUT2D eigenvalue weighted by molar-refractivity contribution is -0.147. The van der Waals surface area contributed by atoms with Gasteiger partial charge < -0.3 is 10.1 Å². The number of carbonyl (C=O) groups excluding carboxylic acids is 1. The molecule has 0 amide bonds. The van der Waals surface area contributed by atoms with Gasteiger partial charge in [-0.15, -0.1) is 0 Å². The summed E-state index contributed by atoms with van der Waals surface area (Å²) in [6.07, 6.45) is 0.902. The Hall–Kier alpha value is -2.11. The van der Waals surface area contributed by atoms with E-state index >= 15 is 0 Å². The van der Waals surface area contributed by atoms with Crippen molar-refractivity contribution >= 4 is 5.97 Å². The van der Waals surface area contributed by atoms with E-state index in [1.807, 2.05) is 0 Å². The third-order valence-corrected chi connectivity index (χ3v) is 3.10. The lowest BCUT2D eigenvalue weighted by Gasteiger charge is -2.28. The molecule has 1 aromatic carbocycles. The van der Waals surface area contributed by atoms with Crippen molar-refractivity contribution < 1.29 is 13.9 Å². The largest absolute Gasteiger partial charge is 0.468 e. The van der Waals surface area contributed by atoms with Crippen LogP contribution in [0.4, 0.5) is 4.39 Å². The molecule has 0 bridgehead atoms. The Morgan fingerprint density at radius 2 is 2.33 bits per heavy atom. The van der Waals surface area contributed by atoms with Crippen molar-refractivity contribution in [3.63, 3.8) is 0 Å². The van der Waals surface area contributed by atoms with Gasteiger partial charge in [0.15, 0.2) is 0 Å². The lowest BCUT2D eigenvalue weighted by Crippen LogP contribution is -2.52. The van der Waals surface area contributed by atoms with Gasteiger partial charge >= 0.3 is 5.97 Å². The van der Waals surface area contributed by atoms with E-state index in [0.29, 0.717) is 31.5 Å². The van der Waals surface area contributed by atoms with Crippen LogP contribution in [0.3, 0.4) is 0 Å². The molecule has 1 unspecified atom stereocenters. The summed E-state index contributed by atoms with van der Waals surface area (Å²) in [4.78, 5) is 14.6. The molecule has 0 aliphatic carbocycles. The molecule has 0 radical (unpaired) electrons. The first-order valence-electron chi connectivity index (χ1n) is 6.60. The molecule has 0 aliphatic heterocycles. The van der Waals surface area contributed by atoms with Gasteiger partial charge in [-0.3, -0.25) is 4.79 Å². The maximum Gasteiger partial charge on any atom is 0.326 e. The van der Waals surface area contributed by atoms with E-state index in [1.165, 1.54) is 19.2 Å². The van der Waals surface area contributed by atoms with Crippen molar-refractivity contribution in [1.29, 1.82) is 0 Å². The van der Waals surface area contributed by atoms with Gasteiger partial charge in [-0.05, 0) is 43.1 Å². The first-order valence-corrected chi connectivity index (χ1v) is 6.60. The van der Waals surface area contributed by atoms with E-state index in [1.54, 1.807) is 19.1 Å². The third kappa shape index (κ3) is 5.41. The average molecular weight is 294 g/mol. The van der Waals surface area contributed by atoms with E-state index in [9.17, 15) is 9.18 Å². The fourth-order valence-electron chi connectivity index (χ4n) is 2.05. The van der Waals surface area contributed by atoms with E-state index in [0.717, 1.165) is 0 Å². The summed E-state index contributed by atoms with van der Waals surface area (Å²) in [7, 11) is 1.31. The molecule has 0 aromatic heterocycles. The second kappa shape index (κ2) is 8.24. The van der Waals surface area contributed by atoms with Crippen LogP contribution in [0.25, 0.3) is 10.4 Å². The van der Waals surface area contributed by atoms with Gasteiger partial charge in [-0.2, -0.15) is 0 Å². The molecule has 1 atom stereocenters. The highest BCUT2D eigenvalue weighted by molar-refractivity contribution is 5.80. The van der Waals surface area contributed by atoms with E-state index in [4.69, 9.17) is 10.3 Å². The van der Waals surface area contributed by atoms with E-state index in [-0.39, 0.29) is 5.82 Å². The van der Waals surface area contributed by atoms with Crippen LogP contribution in [0.1, 0.15) is 18.9 Å². The first-order chi connectivity index (χ1) is 10.0. The number of methoxy groups -OCH3 is 1. The van der Waals surface area contributed by atoms with Crippen LogP contribution in [-0.2, 0) is 16.0 Å². The minimum Gasteiger partial charge on any atom is -0.468 e. The zero-order chi connectivity index (χ0) is 15.7. The molecule has 21 heavy (non-hydrogen) atoms.